The van der Waals surface area contributed by atoms with Gasteiger partial charge in [0.1, 0.15) is 23.3 Å². The molecular weight excluding hydrogens is 578 g/mol. The highest BCUT2D eigenvalue weighted by atomic mass is 32.1. The minimum atomic E-state index is -0.341. The standard InChI is InChI=1S/C32H31N7O4S/c40-30-18-37(31(41)19-39-35-25-8-1-2-9-26(25)36-39)12-3-4-13-43-23-7-5-6-21(14-23)24-16-38(17-28(24)34-30)32(42)22-10-11-27-29(15-22)44-20-33-27/h1-2,5-11,14-15,20,24,28H,3-4,12-13,16-19H2,(H,34,40)/t24-,28+/m1/s1. The van der Waals surface area contributed by atoms with E-state index in [1.165, 1.54) is 16.1 Å². The Labute approximate surface area is 257 Å². The number of rotatable bonds is 3. The number of fused-ring (bicyclic) bond motifs is 6. The number of amides is 3. The summed E-state index contributed by atoms with van der Waals surface area (Å²) in [4.78, 5) is 49.6. The quantitative estimate of drug-likeness (QED) is 0.332. The fraction of sp³-hybridized carbons (Fsp3) is 0.312. The van der Waals surface area contributed by atoms with Crippen molar-refractivity contribution in [2.24, 2.45) is 0 Å². The molecule has 2 aliphatic rings. The second-order valence-corrected chi connectivity index (χ2v) is 12.1. The first-order valence-electron chi connectivity index (χ1n) is 14.7. The van der Waals surface area contributed by atoms with Gasteiger partial charge in [0.25, 0.3) is 5.91 Å². The Kier molecular flexibility index (Phi) is 7.65. The van der Waals surface area contributed by atoms with E-state index in [2.05, 4.69) is 20.5 Å². The first kappa shape index (κ1) is 28.0. The fourth-order valence-corrected chi connectivity index (χ4v) is 6.68. The number of carbonyl (C=O) groups is 3. The molecule has 11 nitrogen and oxygen atoms in total. The molecule has 1 fully saturated rings. The summed E-state index contributed by atoms with van der Waals surface area (Å²) in [5, 5.41) is 12.0. The van der Waals surface area contributed by atoms with Gasteiger partial charge in [-0.05, 0) is 60.9 Å². The average Bonchev–Trinajstić information content (AvgIpc) is 3.77. The largest absolute Gasteiger partial charge is 0.494 e. The summed E-state index contributed by atoms with van der Waals surface area (Å²) in [5.41, 5.74) is 5.62. The SMILES string of the molecule is O=C1CN(C(=O)Cn2nc3ccccc3n2)CCCCOc2cccc(c2)[C@H]2CN(C(=O)c3ccc4ncsc4c3)C[C@@H]2N1. The smallest absolute Gasteiger partial charge is 0.253 e. The Balaban J connectivity index is 1.11. The lowest BCUT2D eigenvalue weighted by atomic mass is 9.94. The van der Waals surface area contributed by atoms with Crippen LogP contribution in [0.25, 0.3) is 21.3 Å². The molecule has 2 aromatic heterocycles. The third-order valence-electron chi connectivity index (χ3n) is 8.20. The normalized spacial score (nSPS) is 19.3. The van der Waals surface area contributed by atoms with Gasteiger partial charge in [0, 0.05) is 31.1 Å². The van der Waals surface area contributed by atoms with Crippen molar-refractivity contribution in [1.82, 2.24) is 35.1 Å². The molecule has 44 heavy (non-hydrogen) atoms. The summed E-state index contributed by atoms with van der Waals surface area (Å²) in [6, 6.07) is 20.5. The molecule has 0 aliphatic carbocycles. The lowest BCUT2D eigenvalue weighted by Crippen LogP contribution is -2.47. The van der Waals surface area contributed by atoms with Gasteiger partial charge in [0.05, 0.1) is 34.9 Å². The zero-order valence-corrected chi connectivity index (χ0v) is 24.8. The minimum Gasteiger partial charge on any atom is -0.494 e. The molecule has 3 aromatic carbocycles. The lowest BCUT2D eigenvalue weighted by molar-refractivity contribution is -0.137. The van der Waals surface area contributed by atoms with Gasteiger partial charge in [-0.3, -0.25) is 14.4 Å². The summed E-state index contributed by atoms with van der Waals surface area (Å²) in [5.74, 6) is -0.00168. The third kappa shape index (κ3) is 5.85. The number of likely N-dealkylation sites (tertiary alicyclic amines) is 1. The maximum absolute atomic E-state index is 13.7. The van der Waals surface area contributed by atoms with E-state index < -0.39 is 0 Å². The van der Waals surface area contributed by atoms with Crippen LogP contribution in [-0.2, 0) is 16.1 Å². The van der Waals surface area contributed by atoms with Gasteiger partial charge >= 0.3 is 0 Å². The van der Waals surface area contributed by atoms with Crippen molar-refractivity contribution in [1.29, 1.82) is 0 Å². The van der Waals surface area contributed by atoms with Gasteiger partial charge in [0.2, 0.25) is 11.8 Å². The van der Waals surface area contributed by atoms with E-state index in [4.69, 9.17) is 4.74 Å². The fourth-order valence-electron chi connectivity index (χ4n) is 5.97. The summed E-state index contributed by atoms with van der Waals surface area (Å²) in [6.07, 6.45) is 1.39. The molecule has 2 atom stereocenters. The Bertz CT molecular complexity index is 1820. The van der Waals surface area contributed by atoms with Crippen molar-refractivity contribution in [2.45, 2.75) is 31.3 Å². The highest BCUT2D eigenvalue weighted by Gasteiger charge is 2.38. The number of hydrogen-bond donors (Lipinski definition) is 1. The third-order valence-corrected chi connectivity index (χ3v) is 8.99. The molecule has 0 saturated carbocycles. The number of thiazole rings is 1. The summed E-state index contributed by atoms with van der Waals surface area (Å²) < 4.78 is 7.02. The predicted octanol–water partition coefficient (Wildman–Crippen LogP) is 3.47. The molecule has 0 radical (unpaired) electrons. The van der Waals surface area contributed by atoms with Crippen LogP contribution in [-0.4, -0.2) is 86.3 Å². The van der Waals surface area contributed by atoms with Crippen LogP contribution in [0.4, 0.5) is 0 Å². The van der Waals surface area contributed by atoms with Gasteiger partial charge in [0.15, 0.2) is 0 Å². The van der Waals surface area contributed by atoms with Gasteiger partial charge in [-0.25, -0.2) is 4.98 Å². The van der Waals surface area contributed by atoms with E-state index in [0.29, 0.717) is 49.3 Å². The molecular formula is C32H31N7O4S. The molecule has 3 amide bonds. The van der Waals surface area contributed by atoms with Crippen molar-refractivity contribution in [3.8, 4) is 5.75 Å². The van der Waals surface area contributed by atoms with E-state index in [0.717, 1.165) is 28.0 Å². The molecule has 224 valence electrons. The number of ether oxygens (including phenoxy) is 1. The number of benzene rings is 3. The number of aromatic nitrogens is 4. The molecule has 7 rings (SSSR count). The van der Waals surface area contributed by atoms with Crippen LogP contribution < -0.4 is 10.1 Å². The zero-order valence-electron chi connectivity index (χ0n) is 24.0. The van der Waals surface area contributed by atoms with Crippen molar-refractivity contribution in [2.75, 3.05) is 32.8 Å². The lowest BCUT2D eigenvalue weighted by Gasteiger charge is -2.25. The van der Waals surface area contributed by atoms with Crippen molar-refractivity contribution in [3.63, 3.8) is 0 Å². The van der Waals surface area contributed by atoms with Crippen LogP contribution in [0.2, 0.25) is 0 Å². The molecule has 1 saturated heterocycles. The highest BCUT2D eigenvalue weighted by Crippen LogP contribution is 2.32. The van der Waals surface area contributed by atoms with E-state index >= 15 is 0 Å². The first-order valence-corrected chi connectivity index (χ1v) is 15.6. The van der Waals surface area contributed by atoms with Crippen molar-refractivity contribution in [3.05, 3.63) is 83.4 Å². The summed E-state index contributed by atoms with van der Waals surface area (Å²) in [7, 11) is 0. The molecule has 2 aliphatic heterocycles. The Morgan fingerprint density at radius 2 is 1.77 bits per heavy atom. The molecule has 2 bridgehead atoms. The number of nitrogens with one attached hydrogen (secondary N) is 1. The van der Waals surface area contributed by atoms with Crippen LogP contribution in [0.5, 0.6) is 5.75 Å². The Morgan fingerprint density at radius 3 is 2.61 bits per heavy atom. The minimum absolute atomic E-state index is 0.0680. The zero-order chi connectivity index (χ0) is 30.0. The molecule has 4 heterocycles. The number of nitrogens with zero attached hydrogens (tertiary/aromatic N) is 6. The monoisotopic (exact) mass is 609 g/mol. The Hall–Kier alpha value is -4.84. The van der Waals surface area contributed by atoms with Gasteiger partial charge in [-0.2, -0.15) is 15.0 Å². The molecule has 0 unspecified atom stereocenters. The van der Waals surface area contributed by atoms with Gasteiger partial charge in [-0.15, -0.1) is 11.3 Å². The topological polar surface area (TPSA) is 123 Å². The summed E-state index contributed by atoms with van der Waals surface area (Å²) >= 11 is 1.50. The van der Waals surface area contributed by atoms with Gasteiger partial charge in [-0.1, -0.05) is 24.3 Å². The van der Waals surface area contributed by atoms with Crippen LogP contribution in [0.3, 0.4) is 0 Å². The predicted molar refractivity (Wildman–Crippen MR) is 165 cm³/mol. The highest BCUT2D eigenvalue weighted by molar-refractivity contribution is 7.16. The van der Waals surface area contributed by atoms with Gasteiger partial charge < -0.3 is 19.9 Å². The van der Waals surface area contributed by atoms with Crippen LogP contribution >= 0.6 is 11.3 Å². The second-order valence-electron chi connectivity index (χ2n) is 11.2. The Morgan fingerprint density at radius 1 is 0.932 bits per heavy atom. The maximum Gasteiger partial charge on any atom is 0.253 e. The van der Waals surface area contributed by atoms with E-state index in [-0.39, 0.29) is 42.8 Å². The van der Waals surface area contributed by atoms with Crippen LogP contribution in [0.15, 0.2) is 72.2 Å². The summed E-state index contributed by atoms with van der Waals surface area (Å²) in [6.45, 7) is 1.51. The first-order chi connectivity index (χ1) is 21.5. The molecule has 1 N–H and O–H groups in total. The van der Waals surface area contributed by atoms with Crippen LogP contribution in [0.1, 0.15) is 34.7 Å². The number of hydrogen-bond acceptors (Lipinski definition) is 8. The van der Waals surface area contributed by atoms with Crippen LogP contribution in [0, 0.1) is 0 Å². The second kappa shape index (κ2) is 12.0. The number of carbonyl (C=O) groups excluding carboxylic acids is 3. The van der Waals surface area contributed by atoms with Crippen molar-refractivity contribution >= 4 is 50.3 Å². The van der Waals surface area contributed by atoms with E-state index in [1.807, 2.05) is 60.7 Å². The van der Waals surface area contributed by atoms with Crippen molar-refractivity contribution < 1.29 is 19.1 Å². The van der Waals surface area contributed by atoms with E-state index in [1.54, 1.807) is 21.4 Å². The molecule has 0 spiro atoms. The average molecular weight is 610 g/mol. The molecule has 12 heteroatoms. The van der Waals surface area contributed by atoms with E-state index in [9.17, 15) is 14.4 Å². The maximum atomic E-state index is 13.7. The molecule has 5 aromatic rings.